The summed E-state index contributed by atoms with van der Waals surface area (Å²) in [6.07, 6.45) is 1.94. The summed E-state index contributed by atoms with van der Waals surface area (Å²) in [4.78, 5) is 0.888. The largest absolute Gasteiger partial charge is 0.506 e. The lowest BCUT2D eigenvalue weighted by atomic mass is 9.96. The van der Waals surface area contributed by atoms with E-state index in [0.717, 1.165) is 10.5 Å². The Bertz CT molecular complexity index is 312. The highest BCUT2D eigenvalue weighted by atomic mass is 32.2. The average molecular weight is 211 g/mol. The van der Waals surface area contributed by atoms with E-state index in [9.17, 15) is 5.11 Å². The second-order valence-electron chi connectivity index (χ2n) is 3.67. The van der Waals surface area contributed by atoms with Crippen molar-refractivity contribution in [2.45, 2.75) is 24.8 Å². The molecule has 3 heteroatoms. The summed E-state index contributed by atoms with van der Waals surface area (Å²) < 4.78 is 0. The fourth-order valence-electron chi connectivity index (χ4n) is 1.33. The van der Waals surface area contributed by atoms with E-state index >= 15 is 0 Å². The van der Waals surface area contributed by atoms with Crippen LogP contribution in [0.4, 0.5) is 0 Å². The molecule has 0 saturated carbocycles. The van der Waals surface area contributed by atoms with Gasteiger partial charge in [0.25, 0.3) is 0 Å². The number of phenolic OH excluding ortho intramolecular Hbond substituents is 1. The molecule has 1 atom stereocenters. The number of nitrogens with two attached hydrogens (primary N) is 1. The summed E-state index contributed by atoms with van der Waals surface area (Å²) in [5.74, 6) is 0.666. The quantitative estimate of drug-likeness (QED) is 0.756. The molecule has 0 heterocycles. The number of aromatic hydroxyl groups is 1. The molecule has 0 aliphatic rings. The molecular weight excluding hydrogens is 194 g/mol. The lowest BCUT2D eigenvalue weighted by Crippen LogP contribution is -2.16. The molecule has 0 fully saturated rings. The fourth-order valence-corrected chi connectivity index (χ4v) is 1.86. The van der Waals surface area contributed by atoms with Crippen molar-refractivity contribution >= 4 is 11.8 Å². The van der Waals surface area contributed by atoms with Crippen molar-refractivity contribution in [3.63, 3.8) is 0 Å². The number of benzene rings is 1. The van der Waals surface area contributed by atoms with Gasteiger partial charge in [-0.25, -0.2) is 0 Å². The van der Waals surface area contributed by atoms with Crippen LogP contribution in [0, 0.1) is 5.92 Å². The van der Waals surface area contributed by atoms with Gasteiger partial charge in [-0.1, -0.05) is 26.0 Å². The first-order chi connectivity index (χ1) is 6.57. The Morgan fingerprint density at radius 3 is 2.50 bits per heavy atom. The molecule has 1 unspecified atom stereocenters. The maximum Gasteiger partial charge on any atom is 0.133 e. The molecule has 1 aromatic rings. The molecule has 78 valence electrons. The van der Waals surface area contributed by atoms with Crippen molar-refractivity contribution in [2.24, 2.45) is 11.7 Å². The van der Waals surface area contributed by atoms with Gasteiger partial charge in [0.2, 0.25) is 0 Å². The first kappa shape index (κ1) is 11.4. The number of rotatable bonds is 3. The van der Waals surface area contributed by atoms with Gasteiger partial charge in [0.05, 0.1) is 0 Å². The highest BCUT2D eigenvalue weighted by Gasteiger charge is 2.15. The van der Waals surface area contributed by atoms with Crippen molar-refractivity contribution in [3.05, 3.63) is 23.8 Å². The minimum Gasteiger partial charge on any atom is -0.506 e. The molecule has 0 spiro atoms. The molecular formula is C11H17NOS. The van der Waals surface area contributed by atoms with E-state index in [4.69, 9.17) is 5.73 Å². The predicted molar refractivity (Wildman–Crippen MR) is 61.7 cm³/mol. The third-order valence-corrected chi connectivity index (χ3v) is 3.10. The Labute approximate surface area is 89.5 Å². The SMILES string of the molecule is CSc1cccc(C(N)C(C)C)c1O. The van der Waals surface area contributed by atoms with Gasteiger partial charge in [-0.3, -0.25) is 0 Å². The molecule has 14 heavy (non-hydrogen) atoms. The lowest BCUT2D eigenvalue weighted by molar-refractivity contribution is 0.429. The molecule has 1 aromatic carbocycles. The summed E-state index contributed by atoms with van der Waals surface area (Å²) in [6.45, 7) is 4.10. The summed E-state index contributed by atoms with van der Waals surface area (Å²) in [5.41, 5.74) is 6.83. The lowest BCUT2D eigenvalue weighted by Gasteiger charge is -2.18. The number of phenols is 1. The van der Waals surface area contributed by atoms with Crippen LogP contribution in [0.2, 0.25) is 0 Å². The molecule has 0 bridgehead atoms. The van der Waals surface area contributed by atoms with Gasteiger partial charge in [-0.15, -0.1) is 11.8 Å². The number of thioether (sulfide) groups is 1. The smallest absolute Gasteiger partial charge is 0.133 e. The molecule has 0 amide bonds. The zero-order chi connectivity index (χ0) is 10.7. The normalized spacial score (nSPS) is 13.2. The second kappa shape index (κ2) is 4.71. The molecule has 1 rings (SSSR count). The molecule has 0 saturated heterocycles. The summed E-state index contributed by atoms with van der Waals surface area (Å²) in [5, 5.41) is 9.91. The third kappa shape index (κ3) is 2.22. The average Bonchev–Trinajstić information content (AvgIpc) is 2.17. The minimum absolute atomic E-state index is 0.0953. The third-order valence-electron chi connectivity index (χ3n) is 2.33. The molecule has 0 aliphatic heterocycles. The Morgan fingerprint density at radius 2 is 2.00 bits per heavy atom. The molecule has 0 aromatic heterocycles. The van der Waals surface area contributed by atoms with E-state index in [1.54, 1.807) is 0 Å². The zero-order valence-electron chi connectivity index (χ0n) is 8.82. The van der Waals surface area contributed by atoms with Gasteiger partial charge in [0.1, 0.15) is 5.75 Å². The summed E-state index contributed by atoms with van der Waals surface area (Å²) in [6, 6.07) is 5.63. The Hall–Kier alpha value is -0.670. The zero-order valence-corrected chi connectivity index (χ0v) is 9.64. The van der Waals surface area contributed by atoms with Crippen LogP contribution >= 0.6 is 11.8 Å². The van der Waals surface area contributed by atoms with Crippen LogP contribution in [0.3, 0.4) is 0 Å². The van der Waals surface area contributed by atoms with Crippen LogP contribution in [0.25, 0.3) is 0 Å². The predicted octanol–water partition coefficient (Wildman–Crippen LogP) is 2.77. The number of para-hydroxylation sites is 1. The van der Waals surface area contributed by atoms with Crippen molar-refractivity contribution < 1.29 is 5.11 Å². The van der Waals surface area contributed by atoms with Crippen LogP contribution < -0.4 is 5.73 Å². The summed E-state index contributed by atoms with van der Waals surface area (Å²) in [7, 11) is 0. The van der Waals surface area contributed by atoms with E-state index in [0.29, 0.717) is 11.7 Å². The maximum absolute atomic E-state index is 9.91. The van der Waals surface area contributed by atoms with E-state index in [2.05, 4.69) is 13.8 Å². The van der Waals surface area contributed by atoms with Gasteiger partial charge in [0, 0.05) is 16.5 Å². The molecule has 2 nitrogen and oxygen atoms in total. The highest BCUT2D eigenvalue weighted by Crippen LogP contribution is 2.34. The molecule has 0 radical (unpaired) electrons. The number of hydrogen-bond acceptors (Lipinski definition) is 3. The standard InChI is InChI=1S/C11H17NOS/c1-7(2)10(12)8-5-4-6-9(14-3)11(8)13/h4-7,10,13H,12H2,1-3H3. The van der Waals surface area contributed by atoms with Crippen LogP contribution in [-0.4, -0.2) is 11.4 Å². The van der Waals surface area contributed by atoms with E-state index < -0.39 is 0 Å². The molecule has 3 N–H and O–H groups in total. The van der Waals surface area contributed by atoms with Crippen LogP contribution in [-0.2, 0) is 0 Å². The summed E-state index contributed by atoms with van der Waals surface area (Å²) >= 11 is 1.53. The van der Waals surface area contributed by atoms with Gasteiger partial charge in [-0.2, -0.15) is 0 Å². The number of hydrogen-bond donors (Lipinski definition) is 2. The van der Waals surface area contributed by atoms with Crippen molar-refractivity contribution in [2.75, 3.05) is 6.26 Å². The fraction of sp³-hybridized carbons (Fsp3) is 0.455. The van der Waals surface area contributed by atoms with Crippen molar-refractivity contribution in [3.8, 4) is 5.75 Å². The van der Waals surface area contributed by atoms with Crippen molar-refractivity contribution in [1.29, 1.82) is 0 Å². The van der Waals surface area contributed by atoms with E-state index in [1.807, 2.05) is 24.5 Å². The first-order valence-electron chi connectivity index (χ1n) is 4.69. The van der Waals surface area contributed by atoms with Crippen LogP contribution in [0.15, 0.2) is 23.1 Å². The van der Waals surface area contributed by atoms with E-state index in [-0.39, 0.29) is 6.04 Å². The van der Waals surface area contributed by atoms with Crippen LogP contribution in [0.1, 0.15) is 25.5 Å². The molecule has 0 aliphatic carbocycles. The monoisotopic (exact) mass is 211 g/mol. The Balaban J connectivity index is 3.09. The highest BCUT2D eigenvalue weighted by molar-refractivity contribution is 7.98. The van der Waals surface area contributed by atoms with Gasteiger partial charge in [-0.05, 0) is 18.2 Å². The van der Waals surface area contributed by atoms with Crippen molar-refractivity contribution in [1.82, 2.24) is 0 Å². The van der Waals surface area contributed by atoms with E-state index in [1.165, 1.54) is 11.8 Å². The van der Waals surface area contributed by atoms with Gasteiger partial charge >= 0.3 is 0 Å². The van der Waals surface area contributed by atoms with Gasteiger partial charge < -0.3 is 10.8 Å². The van der Waals surface area contributed by atoms with Crippen LogP contribution in [0.5, 0.6) is 5.75 Å². The first-order valence-corrected chi connectivity index (χ1v) is 5.91. The maximum atomic E-state index is 9.91. The minimum atomic E-state index is -0.0953. The topological polar surface area (TPSA) is 46.2 Å². The Morgan fingerprint density at radius 1 is 1.36 bits per heavy atom. The van der Waals surface area contributed by atoms with Gasteiger partial charge in [0.15, 0.2) is 0 Å². The Kier molecular flexibility index (Phi) is 3.84. The second-order valence-corrected chi connectivity index (χ2v) is 4.52.